The Morgan fingerprint density at radius 2 is 1.83 bits per heavy atom. The van der Waals surface area contributed by atoms with Crippen molar-refractivity contribution in [2.75, 3.05) is 12.1 Å². The molecule has 2 aromatic carbocycles. The average Bonchev–Trinajstić information content (AvgIpc) is 3.03. The first-order valence-electron chi connectivity index (χ1n) is 7.14. The lowest BCUT2D eigenvalue weighted by Crippen LogP contribution is -2.27. The van der Waals surface area contributed by atoms with Gasteiger partial charge in [-0.3, -0.25) is 0 Å². The maximum Gasteiger partial charge on any atom is 0.231 e. The topological polar surface area (TPSA) is 66.3 Å². The van der Waals surface area contributed by atoms with Crippen LogP contribution < -0.4 is 20.1 Å². The molecule has 0 amide bonds. The quantitative estimate of drug-likeness (QED) is 0.843. The van der Waals surface area contributed by atoms with Crippen LogP contribution in [0.3, 0.4) is 0 Å². The van der Waals surface area contributed by atoms with Crippen molar-refractivity contribution in [2.45, 2.75) is 13.0 Å². The second-order valence-corrected chi connectivity index (χ2v) is 5.44. The molecule has 0 saturated heterocycles. The number of thiocarbonyl (C=S) groups is 1. The third kappa shape index (κ3) is 3.90. The summed E-state index contributed by atoms with van der Waals surface area (Å²) in [6.07, 6.45) is 0.410. The van der Waals surface area contributed by atoms with Crippen molar-refractivity contribution in [3.63, 3.8) is 0 Å². The van der Waals surface area contributed by atoms with E-state index in [1.807, 2.05) is 42.5 Å². The maximum atomic E-state index is 8.66. The van der Waals surface area contributed by atoms with Crippen LogP contribution in [-0.2, 0) is 13.0 Å². The van der Waals surface area contributed by atoms with Gasteiger partial charge in [0.05, 0.1) is 12.5 Å². The molecule has 2 aromatic rings. The van der Waals surface area contributed by atoms with E-state index in [1.165, 1.54) is 0 Å². The van der Waals surface area contributed by atoms with E-state index in [0.717, 1.165) is 28.3 Å². The van der Waals surface area contributed by atoms with Crippen LogP contribution in [0, 0.1) is 11.3 Å². The fourth-order valence-electron chi connectivity index (χ4n) is 2.21. The van der Waals surface area contributed by atoms with Gasteiger partial charge in [0.1, 0.15) is 0 Å². The Kier molecular flexibility index (Phi) is 4.60. The van der Waals surface area contributed by atoms with Crippen LogP contribution in [0.5, 0.6) is 11.5 Å². The highest BCUT2D eigenvalue weighted by molar-refractivity contribution is 7.80. The normalized spacial score (nSPS) is 11.6. The number of benzene rings is 2. The largest absolute Gasteiger partial charge is 0.454 e. The van der Waals surface area contributed by atoms with Gasteiger partial charge in [-0.15, -0.1) is 0 Å². The van der Waals surface area contributed by atoms with Gasteiger partial charge in [0.2, 0.25) is 6.79 Å². The summed E-state index contributed by atoms with van der Waals surface area (Å²) in [5, 5.41) is 15.5. The van der Waals surface area contributed by atoms with Gasteiger partial charge in [-0.1, -0.05) is 18.2 Å². The van der Waals surface area contributed by atoms with Crippen LogP contribution in [0.2, 0.25) is 0 Å². The van der Waals surface area contributed by atoms with Crippen LogP contribution in [0.4, 0.5) is 5.69 Å². The van der Waals surface area contributed by atoms with E-state index in [2.05, 4.69) is 16.7 Å². The van der Waals surface area contributed by atoms with Crippen molar-refractivity contribution in [2.24, 2.45) is 0 Å². The first kappa shape index (κ1) is 15.1. The average molecular weight is 325 g/mol. The minimum absolute atomic E-state index is 0.272. The highest BCUT2D eigenvalue weighted by atomic mass is 32.1. The highest BCUT2D eigenvalue weighted by Gasteiger charge is 2.13. The van der Waals surface area contributed by atoms with Gasteiger partial charge < -0.3 is 20.1 Å². The zero-order chi connectivity index (χ0) is 16.1. The summed E-state index contributed by atoms with van der Waals surface area (Å²) < 4.78 is 10.6. The number of ether oxygens (including phenoxy) is 2. The molecule has 116 valence electrons. The Bertz CT molecular complexity index is 753. The lowest BCUT2D eigenvalue weighted by molar-refractivity contribution is 0.174. The van der Waals surface area contributed by atoms with E-state index in [-0.39, 0.29) is 6.79 Å². The molecule has 0 spiro atoms. The first-order valence-corrected chi connectivity index (χ1v) is 7.55. The summed E-state index contributed by atoms with van der Waals surface area (Å²) in [4.78, 5) is 0. The van der Waals surface area contributed by atoms with E-state index >= 15 is 0 Å². The smallest absolute Gasteiger partial charge is 0.231 e. The van der Waals surface area contributed by atoms with Gasteiger partial charge in [-0.05, 0) is 47.6 Å². The molecular formula is C17H15N3O2S. The van der Waals surface area contributed by atoms with Gasteiger partial charge in [-0.25, -0.2) is 0 Å². The van der Waals surface area contributed by atoms with Gasteiger partial charge >= 0.3 is 0 Å². The lowest BCUT2D eigenvalue weighted by Gasteiger charge is -2.11. The molecule has 0 radical (unpaired) electrons. The van der Waals surface area contributed by atoms with Crippen molar-refractivity contribution in [3.05, 3.63) is 53.6 Å². The Hall–Kier alpha value is -2.78. The fraction of sp³-hybridized carbons (Fsp3) is 0.176. The van der Waals surface area contributed by atoms with Crippen LogP contribution >= 0.6 is 12.2 Å². The number of nitriles is 1. The molecule has 1 aliphatic heterocycles. The van der Waals surface area contributed by atoms with Crippen molar-refractivity contribution in [1.29, 1.82) is 5.26 Å². The monoisotopic (exact) mass is 325 g/mol. The predicted octanol–water partition coefficient (Wildman–Crippen LogP) is 2.97. The van der Waals surface area contributed by atoms with Crippen LogP contribution in [0.1, 0.15) is 11.1 Å². The summed E-state index contributed by atoms with van der Waals surface area (Å²) >= 11 is 5.29. The molecule has 0 aromatic heterocycles. The zero-order valence-corrected chi connectivity index (χ0v) is 13.2. The van der Waals surface area contributed by atoms with Gasteiger partial charge in [0.15, 0.2) is 16.6 Å². The second-order valence-electron chi connectivity index (χ2n) is 5.03. The van der Waals surface area contributed by atoms with E-state index in [4.69, 9.17) is 27.0 Å². The molecule has 0 saturated carbocycles. The molecular weight excluding hydrogens is 310 g/mol. The third-order valence-corrected chi connectivity index (χ3v) is 3.63. The lowest BCUT2D eigenvalue weighted by atomic mass is 10.1. The fourth-order valence-corrected chi connectivity index (χ4v) is 2.40. The Morgan fingerprint density at radius 3 is 2.61 bits per heavy atom. The number of hydrogen-bond acceptors (Lipinski definition) is 4. The van der Waals surface area contributed by atoms with E-state index in [1.54, 1.807) is 0 Å². The van der Waals surface area contributed by atoms with E-state index < -0.39 is 0 Å². The van der Waals surface area contributed by atoms with Gasteiger partial charge in [0, 0.05) is 12.2 Å². The summed E-state index contributed by atoms with van der Waals surface area (Å²) in [7, 11) is 0. The first-order chi connectivity index (χ1) is 11.2. The number of nitrogens with zero attached hydrogens (tertiary/aromatic N) is 1. The third-order valence-electron chi connectivity index (χ3n) is 3.39. The predicted molar refractivity (Wildman–Crippen MR) is 91.4 cm³/mol. The van der Waals surface area contributed by atoms with Gasteiger partial charge in [-0.2, -0.15) is 5.26 Å². The number of anilines is 1. The van der Waals surface area contributed by atoms with Crippen LogP contribution in [0.25, 0.3) is 0 Å². The summed E-state index contributed by atoms with van der Waals surface area (Å²) in [5.41, 5.74) is 2.93. The molecule has 1 heterocycles. The number of nitrogens with one attached hydrogen (secondary N) is 2. The van der Waals surface area contributed by atoms with Crippen molar-refractivity contribution >= 4 is 23.0 Å². The molecule has 0 aliphatic carbocycles. The molecule has 23 heavy (non-hydrogen) atoms. The number of fused-ring (bicyclic) bond motifs is 1. The van der Waals surface area contributed by atoms with E-state index in [0.29, 0.717) is 18.1 Å². The molecule has 3 rings (SSSR count). The van der Waals surface area contributed by atoms with Gasteiger partial charge in [0.25, 0.3) is 0 Å². The maximum absolute atomic E-state index is 8.66. The van der Waals surface area contributed by atoms with Crippen molar-refractivity contribution < 1.29 is 9.47 Å². The van der Waals surface area contributed by atoms with E-state index in [9.17, 15) is 0 Å². The molecule has 0 fully saturated rings. The summed E-state index contributed by atoms with van der Waals surface area (Å²) in [5.74, 6) is 1.53. The number of hydrogen-bond donors (Lipinski definition) is 2. The minimum atomic E-state index is 0.272. The molecule has 0 bridgehead atoms. The molecule has 2 N–H and O–H groups in total. The van der Waals surface area contributed by atoms with Crippen LogP contribution in [-0.4, -0.2) is 11.9 Å². The molecule has 0 atom stereocenters. The highest BCUT2D eigenvalue weighted by Crippen LogP contribution is 2.32. The Balaban J connectivity index is 1.52. The SMILES string of the molecule is N#CCc1ccc(NC(=S)NCc2ccc3c(c2)OCO3)cc1. The zero-order valence-electron chi connectivity index (χ0n) is 12.3. The van der Waals surface area contributed by atoms with Crippen molar-refractivity contribution in [1.82, 2.24) is 5.32 Å². The Morgan fingerprint density at radius 1 is 1.09 bits per heavy atom. The minimum Gasteiger partial charge on any atom is -0.454 e. The number of rotatable bonds is 4. The van der Waals surface area contributed by atoms with Crippen LogP contribution in [0.15, 0.2) is 42.5 Å². The van der Waals surface area contributed by atoms with Crippen molar-refractivity contribution in [3.8, 4) is 17.6 Å². The molecule has 1 aliphatic rings. The molecule has 5 nitrogen and oxygen atoms in total. The summed E-state index contributed by atoms with van der Waals surface area (Å²) in [6.45, 7) is 0.864. The second kappa shape index (κ2) is 6.99. The molecule has 6 heteroatoms. The summed E-state index contributed by atoms with van der Waals surface area (Å²) in [6, 6.07) is 15.6. The molecule has 0 unspecified atom stereocenters. The Labute approximate surface area is 139 Å². The standard InChI is InChI=1S/C17H15N3O2S/c18-8-7-12-1-4-14(5-2-12)20-17(23)19-10-13-3-6-15-16(9-13)22-11-21-15/h1-6,9H,7,10-11H2,(H2,19,20,23).